The Labute approximate surface area is 207 Å². The maximum absolute atomic E-state index is 9.31. The molecule has 0 aromatic heterocycles. The first-order chi connectivity index (χ1) is 17.7. The second-order valence-corrected chi connectivity index (χ2v) is 9.83. The highest BCUT2D eigenvalue weighted by Gasteiger charge is 2.08. The van der Waals surface area contributed by atoms with Crippen molar-refractivity contribution in [1.29, 1.82) is 5.26 Å². The van der Waals surface area contributed by atoms with E-state index in [-0.39, 0.29) is 0 Å². The molecule has 1 heteroatoms. The van der Waals surface area contributed by atoms with E-state index in [4.69, 9.17) is 0 Å². The molecule has 8 aromatic carbocycles. The third-order valence-corrected chi connectivity index (χ3v) is 7.65. The van der Waals surface area contributed by atoms with E-state index in [1.54, 1.807) is 0 Å². The molecule has 0 unspecified atom stereocenters. The lowest BCUT2D eigenvalue weighted by Crippen LogP contribution is -1.84. The molecule has 0 spiro atoms. The van der Waals surface area contributed by atoms with Crippen molar-refractivity contribution >= 4 is 75.4 Å². The van der Waals surface area contributed by atoms with Gasteiger partial charge in [-0.15, -0.1) is 0 Å². The Balaban J connectivity index is 1.42. The van der Waals surface area contributed by atoms with Gasteiger partial charge in [-0.05, 0) is 148 Å². The van der Waals surface area contributed by atoms with E-state index in [1.165, 1.54) is 64.6 Å². The molecule has 0 heterocycles. The van der Waals surface area contributed by atoms with Crippen molar-refractivity contribution in [2.75, 3.05) is 0 Å². The molecule has 0 saturated carbocycles. The zero-order valence-corrected chi connectivity index (χ0v) is 19.4. The van der Waals surface area contributed by atoms with Gasteiger partial charge < -0.3 is 0 Å². The van der Waals surface area contributed by atoms with Gasteiger partial charge in [-0.3, -0.25) is 0 Å². The molecule has 0 radical (unpaired) electrons. The van der Waals surface area contributed by atoms with Crippen LogP contribution in [0.15, 0.2) is 115 Å². The van der Waals surface area contributed by atoms with Crippen LogP contribution < -0.4 is 0 Å². The second kappa shape index (κ2) is 7.04. The van der Waals surface area contributed by atoms with Crippen LogP contribution in [0.1, 0.15) is 5.56 Å². The lowest BCUT2D eigenvalue weighted by molar-refractivity contribution is 1.50. The van der Waals surface area contributed by atoms with Crippen LogP contribution in [0.25, 0.3) is 75.4 Å². The van der Waals surface area contributed by atoms with Crippen LogP contribution in [-0.2, 0) is 0 Å². The summed E-state index contributed by atoms with van der Waals surface area (Å²) in [6, 6.07) is 44.2. The third-order valence-electron chi connectivity index (χ3n) is 7.65. The van der Waals surface area contributed by atoms with Crippen LogP contribution in [0.3, 0.4) is 0 Å². The average molecular weight is 454 g/mol. The number of rotatable bonds is 0. The summed E-state index contributed by atoms with van der Waals surface area (Å²) in [6.45, 7) is 0. The largest absolute Gasteiger partial charge is 0.192 e. The summed E-state index contributed by atoms with van der Waals surface area (Å²) in [6.07, 6.45) is 0. The molecule has 0 aliphatic heterocycles. The Morgan fingerprint density at radius 1 is 0.333 bits per heavy atom. The zero-order valence-electron chi connectivity index (χ0n) is 19.4. The second-order valence-electron chi connectivity index (χ2n) is 9.83. The van der Waals surface area contributed by atoms with Crippen LogP contribution >= 0.6 is 0 Å². The molecule has 0 saturated heterocycles. The van der Waals surface area contributed by atoms with Crippen molar-refractivity contribution in [2.45, 2.75) is 0 Å². The quantitative estimate of drug-likeness (QED) is 0.166. The first kappa shape index (κ1) is 19.4. The molecule has 0 aliphatic carbocycles. The molecule has 8 aromatic rings. The van der Waals surface area contributed by atoms with Crippen LogP contribution in [0.4, 0.5) is 0 Å². The minimum atomic E-state index is 0.695. The van der Waals surface area contributed by atoms with E-state index >= 15 is 0 Å². The predicted octanol–water partition coefficient (Wildman–Crippen LogP) is 9.63. The van der Waals surface area contributed by atoms with Crippen molar-refractivity contribution in [2.24, 2.45) is 0 Å². The van der Waals surface area contributed by atoms with Crippen molar-refractivity contribution in [3.05, 3.63) is 121 Å². The molecule has 0 atom stereocenters. The van der Waals surface area contributed by atoms with Gasteiger partial charge in [-0.25, -0.2) is 0 Å². The maximum Gasteiger partial charge on any atom is 0.0991 e. The first-order valence-corrected chi connectivity index (χ1v) is 12.2. The Bertz CT molecular complexity index is 2260. The molecule has 0 amide bonds. The topological polar surface area (TPSA) is 23.8 Å². The van der Waals surface area contributed by atoms with Crippen molar-refractivity contribution < 1.29 is 0 Å². The first-order valence-electron chi connectivity index (χ1n) is 12.2. The molecule has 0 N–H and O–H groups in total. The fraction of sp³-hybridized carbons (Fsp3) is 0. The number of benzene rings is 8. The fourth-order valence-electron chi connectivity index (χ4n) is 5.82. The van der Waals surface area contributed by atoms with Gasteiger partial charge in [0.1, 0.15) is 0 Å². The van der Waals surface area contributed by atoms with Crippen molar-refractivity contribution in [3.63, 3.8) is 0 Å². The highest BCUT2D eigenvalue weighted by atomic mass is 14.2. The van der Waals surface area contributed by atoms with Gasteiger partial charge in [-0.2, -0.15) is 5.26 Å². The van der Waals surface area contributed by atoms with Crippen molar-refractivity contribution in [1.82, 2.24) is 0 Å². The van der Waals surface area contributed by atoms with Gasteiger partial charge in [0.15, 0.2) is 0 Å². The van der Waals surface area contributed by atoms with Gasteiger partial charge in [0.2, 0.25) is 0 Å². The van der Waals surface area contributed by atoms with E-state index in [9.17, 15) is 5.26 Å². The Hall–Kier alpha value is -4.93. The van der Waals surface area contributed by atoms with E-state index < -0.39 is 0 Å². The van der Waals surface area contributed by atoms with E-state index in [2.05, 4.69) is 103 Å². The highest BCUT2D eigenvalue weighted by molar-refractivity contribution is 6.17. The summed E-state index contributed by atoms with van der Waals surface area (Å²) >= 11 is 0. The van der Waals surface area contributed by atoms with E-state index in [0.717, 1.165) is 10.8 Å². The Morgan fingerprint density at radius 3 is 1.19 bits per heavy atom. The number of nitrogens with zero attached hydrogens (tertiary/aromatic N) is 1. The van der Waals surface area contributed by atoms with Gasteiger partial charge in [0, 0.05) is 0 Å². The van der Waals surface area contributed by atoms with Gasteiger partial charge in [-0.1, -0.05) is 42.5 Å². The number of hydrogen-bond donors (Lipinski definition) is 0. The maximum atomic E-state index is 9.31. The average Bonchev–Trinajstić information content (AvgIpc) is 2.91. The molecular weight excluding hydrogens is 434 g/mol. The summed E-state index contributed by atoms with van der Waals surface area (Å²) in [7, 11) is 0. The Morgan fingerprint density at radius 2 is 0.694 bits per heavy atom. The minimum Gasteiger partial charge on any atom is -0.192 e. The monoisotopic (exact) mass is 453 g/mol. The summed E-state index contributed by atoms with van der Waals surface area (Å²) in [5.74, 6) is 0. The van der Waals surface area contributed by atoms with Gasteiger partial charge in [0.05, 0.1) is 11.6 Å². The van der Waals surface area contributed by atoms with Crippen LogP contribution in [0.5, 0.6) is 0 Å². The SMILES string of the molecule is N#Cc1ccc2cc3cc4cc5ccc6cc7cc8ccccc8cc7cc6c5cc4cc3cc2c1. The molecule has 0 bridgehead atoms. The van der Waals surface area contributed by atoms with Crippen LogP contribution in [0, 0.1) is 11.3 Å². The number of hydrogen-bond acceptors (Lipinski definition) is 1. The molecule has 0 fully saturated rings. The fourth-order valence-corrected chi connectivity index (χ4v) is 5.82. The smallest absolute Gasteiger partial charge is 0.0991 e. The molecule has 1 nitrogen and oxygen atoms in total. The normalized spacial score (nSPS) is 11.9. The molecule has 164 valence electrons. The minimum absolute atomic E-state index is 0.695. The summed E-state index contributed by atoms with van der Waals surface area (Å²) in [4.78, 5) is 0. The molecule has 8 rings (SSSR count). The van der Waals surface area contributed by atoms with Gasteiger partial charge >= 0.3 is 0 Å². The predicted molar refractivity (Wildman–Crippen MR) is 154 cm³/mol. The number of nitriles is 1. The van der Waals surface area contributed by atoms with Crippen LogP contribution in [-0.4, -0.2) is 0 Å². The summed E-state index contributed by atoms with van der Waals surface area (Å²) < 4.78 is 0. The lowest BCUT2D eigenvalue weighted by Gasteiger charge is -2.11. The van der Waals surface area contributed by atoms with E-state index in [1.807, 2.05) is 18.2 Å². The third kappa shape index (κ3) is 2.82. The zero-order chi connectivity index (χ0) is 23.8. The molecule has 0 aliphatic rings. The summed E-state index contributed by atoms with van der Waals surface area (Å²) in [5.41, 5.74) is 0.695. The van der Waals surface area contributed by atoms with Gasteiger partial charge in [0.25, 0.3) is 0 Å². The summed E-state index contributed by atoms with van der Waals surface area (Å²) in [5, 5.41) is 26.6. The van der Waals surface area contributed by atoms with E-state index in [0.29, 0.717) is 5.56 Å². The lowest BCUT2D eigenvalue weighted by atomic mass is 9.93. The van der Waals surface area contributed by atoms with Crippen molar-refractivity contribution in [3.8, 4) is 6.07 Å². The number of fused-ring (bicyclic) bond motifs is 8. The standard InChI is InChI=1S/C35H19N/c36-20-21-5-6-24-12-29-16-30-14-26-8-7-25-13-28-10-22-3-1-2-4-23(22)11-32(28)18-34(25)35(26)19-33(30)17-31(29)15-27(24)9-21/h1-19H. The molecular formula is C35H19N. The highest BCUT2D eigenvalue weighted by Crippen LogP contribution is 2.35. The molecule has 36 heavy (non-hydrogen) atoms. The Kier molecular flexibility index (Phi) is 3.79. The van der Waals surface area contributed by atoms with Crippen LogP contribution in [0.2, 0.25) is 0 Å².